The van der Waals surface area contributed by atoms with Crippen LogP contribution in [0.15, 0.2) is 12.3 Å². The molecule has 64 valence electrons. The van der Waals surface area contributed by atoms with Gasteiger partial charge in [-0.1, -0.05) is 0 Å². The Hall–Kier alpha value is -1.36. The van der Waals surface area contributed by atoms with Crippen LogP contribution in [0.5, 0.6) is 0 Å². The minimum atomic E-state index is -0.582. The van der Waals surface area contributed by atoms with Gasteiger partial charge in [0, 0.05) is 0 Å². The van der Waals surface area contributed by atoms with Crippen LogP contribution in [0.4, 0.5) is 5.69 Å². The van der Waals surface area contributed by atoms with Crippen LogP contribution in [0.3, 0.4) is 0 Å². The third-order valence-corrected chi connectivity index (χ3v) is 1.90. The first-order valence-corrected chi connectivity index (χ1v) is 3.44. The topological polar surface area (TPSA) is 70.1 Å². The van der Waals surface area contributed by atoms with E-state index in [-0.39, 0.29) is 16.4 Å². The van der Waals surface area contributed by atoms with E-state index in [1.807, 2.05) is 0 Å². The Bertz CT molecular complexity index is 340. The van der Waals surface area contributed by atoms with E-state index in [4.69, 9.17) is 11.6 Å². The first-order valence-electron chi connectivity index (χ1n) is 3.06. The number of hydrogen-bond acceptors (Lipinski definition) is 3. The highest BCUT2D eigenvalue weighted by Gasteiger charge is 2.18. The largest absolute Gasteiger partial charge is 0.618 e. The molecule has 0 aliphatic rings. The molecule has 5 nitrogen and oxygen atoms in total. The van der Waals surface area contributed by atoms with Crippen LogP contribution in [0.2, 0.25) is 5.15 Å². The van der Waals surface area contributed by atoms with Crippen molar-refractivity contribution in [1.82, 2.24) is 0 Å². The van der Waals surface area contributed by atoms with E-state index in [2.05, 4.69) is 0 Å². The standard InChI is InChI=1S/C6H5ClN2O3/c1-4-5(9(11)12)2-3-8(10)6(4)7/h2-3H,1H3. The lowest BCUT2D eigenvalue weighted by Crippen LogP contribution is -2.27. The molecule has 0 unspecified atom stereocenters. The molecule has 1 rings (SSSR count). The summed E-state index contributed by atoms with van der Waals surface area (Å²) in [5.74, 6) is 0. The Morgan fingerprint density at radius 2 is 2.25 bits per heavy atom. The predicted molar refractivity (Wildman–Crippen MR) is 41.8 cm³/mol. The maximum atomic E-state index is 10.8. The van der Waals surface area contributed by atoms with E-state index in [1.54, 1.807) is 0 Å². The molecule has 0 saturated carbocycles. The summed E-state index contributed by atoms with van der Waals surface area (Å²) in [6, 6.07) is 1.12. The number of rotatable bonds is 1. The zero-order chi connectivity index (χ0) is 9.30. The lowest BCUT2D eigenvalue weighted by Gasteiger charge is -2.00. The Morgan fingerprint density at radius 3 is 2.75 bits per heavy atom. The second kappa shape index (κ2) is 2.94. The molecule has 12 heavy (non-hydrogen) atoms. The number of halogens is 1. The van der Waals surface area contributed by atoms with E-state index in [1.165, 1.54) is 6.92 Å². The average molecular weight is 189 g/mol. The maximum Gasteiger partial charge on any atom is 0.296 e. The van der Waals surface area contributed by atoms with Crippen LogP contribution in [-0.2, 0) is 0 Å². The maximum absolute atomic E-state index is 10.8. The molecule has 0 N–H and O–H groups in total. The van der Waals surface area contributed by atoms with Crippen molar-refractivity contribution in [3.05, 3.63) is 38.3 Å². The van der Waals surface area contributed by atoms with Gasteiger partial charge in [-0.3, -0.25) is 10.1 Å². The lowest BCUT2D eigenvalue weighted by molar-refractivity contribution is -0.604. The smallest absolute Gasteiger partial charge is 0.296 e. The van der Waals surface area contributed by atoms with E-state index in [0.29, 0.717) is 4.73 Å². The van der Waals surface area contributed by atoms with Crippen LogP contribution in [0, 0.1) is 22.2 Å². The molecule has 0 spiro atoms. The fourth-order valence-corrected chi connectivity index (χ4v) is 0.951. The van der Waals surface area contributed by atoms with Gasteiger partial charge >= 0.3 is 0 Å². The van der Waals surface area contributed by atoms with Gasteiger partial charge in [0.25, 0.3) is 10.8 Å². The molecule has 0 atom stereocenters. The fourth-order valence-electron chi connectivity index (χ4n) is 0.797. The van der Waals surface area contributed by atoms with Crippen molar-refractivity contribution in [2.45, 2.75) is 6.92 Å². The summed E-state index contributed by atoms with van der Waals surface area (Å²) >= 11 is 5.47. The summed E-state index contributed by atoms with van der Waals surface area (Å²) in [6.07, 6.45) is 1.01. The van der Waals surface area contributed by atoms with Gasteiger partial charge in [0.1, 0.15) is 5.56 Å². The molecule has 1 heterocycles. The third kappa shape index (κ3) is 1.31. The van der Waals surface area contributed by atoms with E-state index in [9.17, 15) is 15.3 Å². The summed E-state index contributed by atoms with van der Waals surface area (Å²) in [7, 11) is 0. The van der Waals surface area contributed by atoms with Crippen molar-refractivity contribution in [3.8, 4) is 0 Å². The highest BCUT2D eigenvalue weighted by molar-refractivity contribution is 6.29. The SMILES string of the molecule is Cc1c([N+](=O)[O-])cc[n+]([O-])c1Cl. The van der Waals surface area contributed by atoms with Gasteiger partial charge in [0.15, 0.2) is 6.20 Å². The van der Waals surface area contributed by atoms with Crippen molar-refractivity contribution in [3.63, 3.8) is 0 Å². The fraction of sp³-hybridized carbons (Fsp3) is 0.167. The molecule has 0 saturated heterocycles. The Balaban J connectivity index is 3.36. The molecule has 0 radical (unpaired) electrons. The molecule has 0 aliphatic carbocycles. The number of pyridine rings is 1. The second-order valence-electron chi connectivity index (χ2n) is 2.20. The van der Waals surface area contributed by atoms with Gasteiger partial charge in [0.2, 0.25) is 0 Å². The molecule has 0 fully saturated rings. The first-order chi connectivity index (χ1) is 5.54. The normalized spacial score (nSPS) is 9.83. The van der Waals surface area contributed by atoms with Crippen molar-refractivity contribution in [2.24, 2.45) is 0 Å². The Morgan fingerprint density at radius 1 is 1.67 bits per heavy atom. The summed E-state index contributed by atoms with van der Waals surface area (Å²) in [5.41, 5.74) is 0.0336. The van der Waals surface area contributed by atoms with Crippen LogP contribution in [-0.4, -0.2) is 4.92 Å². The molecule has 1 aromatic heterocycles. The molecule has 6 heteroatoms. The minimum Gasteiger partial charge on any atom is -0.618 e. The number of hydrogen-bond donors (Lipinski definition) is 0. The van der Waals surface area contributed by atoms with Gasteiger partial charge in [-0.2, -0.15) is 4.73 Å². The zero-order valence-electron chi connectivity index (χ0n) is 6.15. The van der Waals surface area contributed by atoms with Gasteiger partial charge in [-0.05, 0) is 18.5 Å². The Labute approximate surface area is 72.9 Å². The highest BCUT2D eigenvalue weighted by Crippen LogP contribution is 2.20. The number of nitro groups is 1. The first kappa shape index (κ1) is 8.73. The van der Waals surface area contributed by atoms with Crippen LogP contribution < -0.4 is 4.73 Å². The predicted octanol–water partition coefficient (Wildman–Crippen LogP) is 1.19. The average Bonchev–Trinajstić information content (AvgIpc) is 2.00. The minimum absolute atomic E-state index is 0.146. The van der Waals surface area contributed by atoms with Gasteiger partial charge in [0.05, 0.1) is 11.0 Å². The van der Waals surface area contributed by atoms with Crippen molar-refractivity contribution in [1.29, 1.82) is 0 Å². The summed E-state index contributed by atoms with van der Waals surface area (Å²) in [6.45, 7) is 1.43. The van der Waals surface area contributed by atoms with Gasteiger partial charge in [-0.15, -0.1) is 0 Å². The van der Waals surface area contributed by atoms with E-state index >= 15 is 0 Å². The highest BCUT2D eigenvalue weighted by atomic mass is 35.5. The molecular weight excluding hydrogens is 184 g/mol. The van der Waals surface area contributed by atoms with Crippen molar-refractivity contribution < 1.29 is 9.65 Å². The monoisotopic (exact) mass is 188 g/mol. The van der Waals surface area contributed by atoms with E-state index in [0.717, 1.165) is 12.3 Å². The zero-order valence-corrected chi connectivity index (χ0v) is 6.91. The number of aromatic nitrogens is 1. The van der Waals surface area contributed by atoms with Crippen molar-refractivity contribution >= 4 is 17.3 Å². The van der Waals surface area contributed by atoms with Crippen molar-refractivity contribution in [2.75, 3.05) is 0 Å². The summed E-state index contributed by atoms with van der Waals surface area (Å²) in [4.78, 5) is 9.74. The molecule has 1 aromatic rings. The third-order valence-electron chi connectivity index (χ3n) is 1.45. The summed E-state index contributed by atoms with van der Waals surface area (Å²) < 4.78 is 0.379. The molecular formula is C6H5ClN2O3. The summed E-state index contributed by atoms with van der Waals surface area (Å²) in [5, 5.41) is 20.9. The number of nitrogens with zero attached hydrogens (tertiary/aromatic N) is 2. The molecule has 0 aromatic carbocycles. The Kier molecular flexibility index (Phi) is 2.14. The molecule has 0 aliphatic heterocycles. The lowest BCUT2D eigenvalue weighted by atomic mass is 10.3. The van der Waals surface area contributed by atoms with Crippen LogP contribution in [0.25, 0.3) is 0 Å². The van der Waals surface area contributed by atoms with E-state index < -0.39 is 4.92 Å². The second-order valence-corrected chi connectivity index (χ2v) is 2.56. The van der Waals surface area contributed by atoms with Crippen LogP contribution >= 0.6 is 11.6 Å². The molecule has 0 bridgehead atoms. The van der Waals surface area contributed by atoms with Gasteiger partial charge in [-0.25, -0.2) is 0 Å². The van der Waals surface area contributed by atoms with Crippen LogP contribution in [0.1, 0.15) is 5.56 Å². The van der Waals surface area contributed by atoms with Gasteiger partial charge < -0.3 is 5.21 Å². The molecule has 0 amide bonds. The quantitative estimate of drug-likeness (QED) is 0.219.